The lowest BCUT2D eigenvalue weighted by Crippen LogP contribution is -2.04. The van der Waals surface area contributed by atoms with Gasteiger partial charge in [0.25, 0.3) is 0 Å². The summed E-state index contributed by atoms with van der Waals surface area (Å²) in [7, 11) is 0. The van der Waals surface area contributed by atoms with Crippen molar-refractivity contribution >= 4 is 11.8 Å². The molecule has 0 saturated heterocycles. The second-order valence-corrected chi connectivity index (χ2v) is 4.03. The molecule has 1 unspecified atom stereocenters. The van der Waals surface area contributed by atoms with Crippen molar-refractivity contribution in [2.45, 2.75) is 31.4 Å². The van der Waals surface area contributed by atoms with E-state index in [4.69, 9.17) is 0 Å². The third-order valence-electron chi connectivity index (χ3n) is 2.12. The summed E-state index contributed by atoms with van der Waals surface area (Å²) in [5, 5.41) is 0.764. The minimum atomic E-state index is 0.764. The van der Waals surface area contributed by atoms with Gasteiger partial charge in [-0.15, -0.1) is 0 Å². The molecule has 1 heteroatoms. The quantitative estimate of drug-likeness (QED) is 0.578. The van der Waals surface area contributed by atoms with Gasteiger partial charge in [0.2, 0.25) is 0 Å². The molecule has 0 aromatic heterocycles. The molecule has 62 valence electrons. The van der Waals surface area contributed by atoms with Crippen LogP contribution in [0.4, 0.5) is 0 Å². The van der Waals surface area contributed by atoms with Crippen LogP contribution in [0.5, 0.6) is 0 Å². The first-order chi connectivity index (χ1) is 5.34. The molecule has 1 aliphatic rings. The molecule has 0 N–H and O–H groups in total. The van der Waals surface area contributed by atoms with Crippen LogP contribution >= 0.6 is 11.8 Å². The van der Waals surface area contributed by atoms with Crippen LogP contribution in [0.2, 0.25) is 0 Å². The SMILES string of the molecule is CSC1CCC/C=C\C=C/1C. The van der Waals surface area contributed by atoms with Gasteiger partial charge < -0.3 is 0 Å². The normalized spacial score (nSPS) is 33.3. The highest BCUT2D eigenvalue weighted by molar-refractivity contribution is 7.99. The number of thioether (sulfide) groups is 1. The fraction of sp³-hybridized carbons (Fsp3) is 0.600. The predicted octanol–water partition coefficient (Wildman–Crippen LogP) is 3.40. The second-order valence-electron chi connectivity index (χ2n) is 2.99. The molecule has 1 atom stereocenters. The van der Waals surface area contributed by atoms with Crippen LogP contribution in [0.15, 0.2) is 23.8 Å². The van der Waals surface area contributed by atoms with E-state index in [9.17, 15) is 0 Å². The summed E-state index contributed by atoms with van der Waals surface area (Å²) in [5.41, 5.74) is 1.52. The molecule has 1 rings (SSSR count). The highest BCUT2D eigenvalue weighted by Crippen LogP contribution is 2.23. The molecule has 0 aromatic carbocycles. The highest BCUT2D eigenvalue weighted by atomic mass is 32.2. The van der Waals surface area contributed by atoms with Crippen LogP contribution in [0.3, 0.4) is 0 Å². The Morgan fingerprint density at radius 1 is 1.55 bits per heavy atom. The van der Waals surface area contributed by atoms with E-state index in [2.05, 4.69) is 31.4 Å². The van der Waals surface area contributed by atoms with Gasteiger partial charge in [-0.3, -0.25) is 0 Å². The lowest BCUT2D eigenvalue weighted by molar-refractivity contribution is 0.750. The van der Waals surface area contributed by atoms with Crippen molar-refractivity contribution in [3.05, 3.63) is 23.8 Å². The van der Waals surface area contributed by atoms with Gasteiger partial charge in [0.15, 0.2) is 0 Å². The second kappa shape index (κ2) is 4.66. The van der Waals surface area contributed by atoms with Crippen LogP contribution in [-0.4, -0.2) is 11.5 Å². The van der Waals surface area contributed by atoms with Gasteiger partial charge in [0.05, 0.1) is 0 Å². The Kier molecular flexibility index (Phi) is 3.78. The topological polar surface area (TPSA) is 0 Å². The van der Waals surface area contributed by atoms with Gasteiger partial charge in [0, 0.05) is 5.25 Å². The summed E-state index contributed by atoms with van der Waals surface area (Å²) in [6, 6.07) is 0. The van der Waals surface area contributed by atoms with Gasteiger partial charge in [-0.2, -0.15) is 11.8 Å². The first-order valence-electron chi connectivity index (χ1n) is 4.20. The number of allylic oxidation sites excluding steroid dienone is 3. The fourth-order valence-corrected chi connectivity index (χ4v) is 2.23. The van der Waals surface area contributed by atoms with E-state index in [1.807, 2.05) is 11.8 Å². The van der Waals surface area contributed by atoms with Crippen molar-refractivity contribution in [3.8, 4) is 0 Å². The maximum absolute atomic E-state index is 2.26. The van der Waals surface area contributed by atoms with Crippen molar-refractivity contribution in [3.63, 3.8) is 0 Å². The average Bonchev–Trinajstić information content (AvgIpc) is 1.98. The first kappa shape index (κ1) is 8.92. The van der Waals surface area contributed by atoms with Crippen molar-refractivity contribution in [2.75, 3.05) is 6.26 Å². The Morgan fingerprint density at radius 2 is 2.36 bits per heavy atom. The van der Waals surface area contributed by atoms with E-state index < -0.39 is 0 Å². The Balaban J connectivity index is 2.62. The lowest BCUT2D eigenvalue weighted by Gasteiger charge is -2.15. The standard InChI is InChI=1S/C10H16S/c1-9-7-5-3-4-6-8-10(9)11-2/h3,5,7,10H,4,6,8H2,1-2H3/b5-3-,9-7-. The summed E-state index contributed by atoms with van der Waals surface area (Å²) in [6.45, 7) is 2.23. The third-order valence-corrected chi connectivity index (χ3v) is 3.30. The smallest absolute Gasteiger partial charge is 0.0254 e. The molecule has 11 heavy (non-hydrogen) atoms. The van der Waals surface area contributed by atoms with E-state index >= 15 is 0 Å². The Morgan fingerprint density at radius 3 is 3.09 bits per heavy atom. The maximum atomic E-state index is 2.26. The Bertz CT molecular complexity index is 168. The minimum Gasteiger partial charge on any atom is -0.158 e. The summed E-state index contributed by atoms with van der Waals surface area (Å²) < 4.78 is 0. The molecule has 0 amide bonds. The molecule has 0 aromatic rings. The number of hydrogen-bond donors (Lipinski definition) is 0. The molecule has 0 aliphatic heterocycles. The maximum Gasteiger partial charge on any atom is 0.0254 e. The Labute approximate surface area is 73.8 Å². The molecule has 0 radical (unpaired) electrons. The van der Waals surface area contributed by atoms with Crippen LogP contribution in [0.1, 0.15) is 26.2 Å². The summed E-state index contributed by atoms with van der Waals surface area (Å²) >= 11 is 1.97. The van der Waals surface area contributed by atoms with Gasteiger partial charge in [-0.25, -0.2) is 0 Å². The zero-order valence-corrected chi connectivity index (χ0v) is 8.16. The van der Waals surface area contributed by atoms with Crippen LogP contribution in [-0.2, 0) is 0 Å². The molecule has 0 heterocycles. The summed E-state index contributed by atoms with van der Waals surface area (Å²) in [4.78, 5) is 0. The van der Waals surface area contributed by atoms with Crippen molar-refractivity contribution < 1.29 is 0 Å². The zero-order chi connectivity index (χ0) is 8.10. The van der Waals surface area contributed by atoms with Gasteiger partial charge >= 0.3 is 0 Å². The monoisotopic (exact) mass is 168 g/mol. The molecular weight excluding hydrogens is 152 g/mol. The van der Waals surface area contributed by atoms with E-state index in [0.29, 0.717) is 0 Å². The first-order valence-corrected chi connectivity index (χ1v) is 5.49. The number of rotatable bonds is 1. The molecule has 0 bridgehead atoms. The Hall–Kier alpha value is -0.170. The highest BCUT2D eigenvalue weighted by Gasteiger charge is 2.08. The van der Waals surface area contributed by atoms with Crippen LogP contribution in [0.25, 0.3) is 0 Å². The molecule has 0 nitrogen and oxygen atoms in total. The average molecular weight is 168 g/mol. The van der Waals surface area contributed by atoms with Crippen molar-refractivity contribution in [1.82, 2.24) is 0 Å². The van der Waals surface area contributed by atoms with Crippen molar-refractivity contribution in [2.24, 2.45) is 0 Å². The van der Waals surface area contributed by atoms with Crippen LogP contribution < -0.4 is 0 Å². The summed E-state index contributed by atoms with van der Waals surface area (Å²) in [6.07, 6.45) is 12.8. The molecule has 0 spiro atoms. The van der Waals surface area contributed by atoms with E-state index in [1.165, 1.54) is 24.8 Å². The fourth-order valence-electron chi connectivity index (χ4n) is 1.38. The van der Waals surface area contributed by atoms with E-state index in [-0.39, 0.29) is 0 Å². The van der Waals surface area contributed by atoms with Gasteiger partial charge in [0.1, 0.15) is 0 Å². The van der Waals surface area contributed by atoms with Gasteiger partial charge in [-0.05, 0) is 32.4 Å². The molecule has 1 aliphatic carbocycles. The predicted molar refractivity (Wildman–Crippen MR) is 54.1 cm³/mol. The molecular formula is C10H16S. The van der Waals surface area contributed by atoms with E-state index in [0.717, 1.165) is 5.25 Å². The van der Waals surface area contributed by atoms with Crippen LogP contribution in [0, 0.1) is 0 Å². The third kappa shape index (κ3) is 2.74. The number of hydrogen-bond acceptors (Lipinski definition) is 1. The summed E-state index contributed by atoms with van der Waals surface area (Å²) in [5.74, 6) is 0. The van der Waals surface area contributed by atoms with E-state index in [1.54, 1.807) is 0 Å². The van der Waals surface area contributed by atoms with Crippen molar-refractivity contribution in [1.29, 1.82) is 0 Å². The molecule has 0 saturated carbocycles. The largest absolute Gasteiger partial charge is 0.158 e. The van der Waals surface area contributed by atoms with Gasteiger partial charge in [-0.1, -0.05) is 23.8 Å². The minimum absolute atomic E-state index is 0.764. The lowest BCUT2D eigenvalue weighted by atomic mass is 10.0. The molecule has 0 fully saturated rings. The zero-order valence-electron chi connectivity index (χ0n) is 7.34.